The number of likely N-dealkylation sites (tertiary alicyclic amines) is 1. The SMILES string of the molecule is Cc1cccc([C@H](C)NCCCN2CCCC2)c1. The van der Waals surface area contributed by atoms with Crippen molar-refractivity contribution in [3.8, 4) is 0 Å². The third kappa shape index (κ3) is 4.11. The number of nitrogens with zero attached hydrogens (tertiary/aromatic N) is 1. The Kier molecular flexibility index (Phi) is 5.21. The van der Waals surface area contributed by atoms with Gasteiger partial charge in [0.15, 0.2) is 0 Å². The number of aryl methyl sites for hydroxylation is 1. The van der Waals surface area contributed by atoms with Gasteiger partial charge >= 0.3 is 0 Å². The van der Waals surface area contributed by atoms with E-state index >= 15 is 0 Å². The van der Waals surface area contributed by atoms with E-state index < -0.39 is 0 Å². The van der Waals surface area contributed by atoms with Gasteiger partial charge in [-0.1, -0.05) is 29.8 Å². The fraction of sp³-hybridized carbons (Fsp3) is 0.625. The molecule has 2 heteroatoms. The summed E-state index contributed by atoms with van der Waals surface area (Å²) in [5.74, 6) is 0. The summed E-state index contributed by atoms with van der Waals surface area (Å²) in [6.45, 7) is 9.41. The van der Waals surface area contributed by atoms with Gasteiger partial charge in [0.2, 0.25) is 0 Å². The molecule has 1 aromatic rings. The summed E-state index contributed by atoms with van der Waals surface area (Å²) < 4.78 is 0. The fourth-order valence-corrected chi connectivity index (χ4v) is 2.68. The smallest absolute Gasteiger partial charge is 0.0291 e. The Hall–Kier alpha value is -0.860. The Morgan fingerprint density at radius 1 is 1.28 bits per heavy atom. The lowest BCUT2D eigenvalue weighted by molar-refractivity contribution is 0.328. The lowest BCUT2D eigenvalue weighted by Crippen LogP contribution is -2.26. The molecule has 1 atom stereocenters. The van der Waals surface area contributed by atoms with Crippen LogP contribution >= 0.6 is 0 Å². The van der Waals surface area contributed by atoms with E-state index in [1.807, 2.05) is 0 Å². The van der Waals surface area contributed by atoms with Crippen molar-refractivity contribution in [2.75, 3.05) is 26.2 Å². The number of nitrogens with one attached hydrogen (secondary N) is 1. The second kappa shape index (κ2) is 6.91. The molecule has 0 radical (unpaired) electrons. The molecule has 2 rings (SSSR count). The predicted octanol–water partition coefficient (Wildman–Crippen LogP) is 3.13. The standard InChI is InChI=1S/C16H26N2/c1-14-7-5-8-16(13-14)15(2)17-9-6-12-18-10-3-4-11-18/h5,7-8,13,15,17H,3-4,6,9-12H2,1-2H3/t15-/m0/s1. The molecule has 1 saturated heterocycles. The van der Waals surface area contributed by atoms with E-state index in [2.05, 4.69) is 48.3 Å². The van der Waals surface area contributed by atoms with E-state index in [0.717, 1.165) is 6.54 Å². The van der Waals surface area contributed by atoms with Gasteiger partial charge < -0.3 is 10.2 Å². The lowest BCUT2D eigenvalue weighted by Gasteiger charge is -2.17. The van der Waals surface area contributed by atoms with E-state index in [4.69, 9.17) is 0 Å². The molecule has 2 nitrogen and oxygen atoms in total. The van der Waals surface area contributed by atoms with Crippen molar-refractivity contribution >= 4 is 0 Å². The summed E-state index contributed by atoms with van der Waals surface area (Å²) in [7, 11) is 0. The topological polar surface area (TPSA) is 15.3 Å². The van der Waals surface area contributed by atoms with Gasteiger partial charge in [-0.15, -0.1) is 0 Å². The van der Waals surface area contributed by atoms with Gasteiger partial charge in [0.05, 0.1) is 0 Å². The van der Waals surface area contributed by atoms with Crippen LogP contribution < -0.4 is 5.32 Å². The minimum Gasteiger partial charge on any atom is -0.310 e. The van der Waals surface area contributed by atoms with Crippen molar-refractivity contribution in [3.05, 3.63) is 35.4 Å². The molecule has 0 aliphatic carbocycles. The van der Waals surface area contributed by atoms with Crippen LogP contribution in [0.5, 0.6) is 0 Å². The molecule has 0 bridgehead atoms. The van der Waals surface area contributed by atoms with Crippen LogP contribution in [0.2, 0.25) is 0 Å². The van der Waals surface area contributed by atoms with Crippen molar-refractivity contribution in [2.45, 2.75) is 39.2 Å². The third-order valence-corrected chi connectivity index (χ3v) is 3.84. The quantitative estimate of drug-likeness (QED) is 0.776. The van der Waals surface area contributed by atoms with E-state index in [1.54, 1.807) is 0 Å². The molecule has 18 heavy (non-hydrogen) atoms. The molecule has 0 aromatic heterocycles. The predicted molar refractivity (Wildman–Crippen MR) is 77.9 cm³/mol. The maximum atomic E-state index is 3.62. The Bertz CT molecular complexity index is 356. The van der Waals surface area contributed by atoms with Crippen LogP contribution in [0.4, 0.5) is 0 Å². The minimum atomic E-state index is 0.462. The van der Waals surface area contributed by atoms with Crippen molar-refractivity contribution in [1.82, 2.24) is 10.2 Å². The first kappa shape index (κ1) is 13.6. The molecule has 1 N–H and O–H groups in total. The molecule has 0 saturated carbocycles. The number of benzene rings is 1. The monoisotopic (exact) mass is 246 g/mol. The van der Waals surface area contributed by atoms with Gasteiger partial charge in [0.1, 0.15) is 0 Å². The van der Waals surface area contributed by atoms with Crippen LogP contribution in [0, 0.1) is 6.92 Å². The highest BCUT2D eigenvalue weighted by Gasteiger charge is 2.10. The summed E-state index contributed by atoms with van der Waals surface area (Å²) in [5.41, 5.74) is 2.74. The Balaban J connectivity index is 1.66. The second-order valence-corrected chi connectivity index (χ2v) is 5.49. The first-order valence-corrected chi connectivity index (χ1v) is 7.28. The summed E-state index contributed by atoms with van der Waals surface area (Å²) >= 11 is 0. The van der Waals surface area contributed by atoms with Gasteiger partial charge in [-0.2, -0.15) is 0 Å². The molecule has 100 valence electrons. The van der Waals surface area contributed by atoms with Crippen LogP contribution in [-0.2, 0) is 0 Å². The first-order valence-electron chi connectivity index (χ1n) is 7.28. The summed E-state index contributed by atoms with van der Waals surface area (Å²) in [6.07, 6.45) is 4.05. The average Bonchev–Trinajstić information content (AvgIpc) is 2.87. The van der Waals surface area contributed by atoms with Gasteiger partial charge in [-0.05, 0) is 64.9 Å². The summed E-state index contributed by atoms with van der Waals surface area (Å²) in [5, 5.41) is 3.62. The van der Waals surface area contributed by atoms with Crippen molar-refractivity contribution < 1.29 is 0 Å². The van der Waals surface area contributed by atoms with Gasteiger partial charge in [-0.25, -0.2) is 0 Å². The zero-order valence-corrected chi connectivity index (χ0v) is 11.8. The van der Waals surface area contributed by atoms with Crippen LogP contribution in [0.25, 0.3) is 0 Å². The van der Waals surface area contributed by atoms with E-state index in [1.165, 1.54) is 50.0 Å². The average molecular weight is 246 g/mol. The first-order chi connectivity index (χ1) is 8.75. The molecule has 1 aromatic carbocycles. The van der Waals surface area contributed by atoms with E-state index in [-0.39, 0.29) is 0 Å². The maximum absolute atomic E-state index is 3.62. The molecule has 1 aliphatic heterocycles. The fourth-order valence-electron chi connectivity index (χ4n) is 2.68. The van der Waals surface area contributed by atoms with Crippen LogP contribution in [0.15, 0.2) is 24.3 Å². The highest BCUT2D eigenvalue weighted by atomic mass is 15.1. The van der Waals surface area contributed by atoms with Crippen LogP contribution in [-0.4, -0.2) is 31.1 Å². The molecule has 0 amide bonds. The molecular formula is C16H26N2. The van der Waals surface area contributed by atoms with Gasteiger partial charge in [0, 0.05) is 6.04 Å². The zero-order chi connectivity index (χ0) is 12.8. The lowest BCUT2D eigenvalue weighted by atomic mass is 10.1. The Morgan fingerprint density at radius 2 is 2.06 bits per heavy atom. The summed E-state index contributed by atoms with van der Waals surface area (Å²) in [4.78, 5) is 2.58. The van der Waals surface area contributed by atoms with Gasteiger partial charge in [-0.3, -0.25) is 0 Å². The largest absolute Gasteiger partial charge is 0.310 e. The number of hydrogen-bond donors (Lipinski definition) is 1. The highest BCUT2D eigenvalue weighted by Crippen LogP contribution is 2.13. The molecule has 0 unspecified atom stereocenters. The van der Waals surface area contributed by atoms with Gasteiger partial charge in [0.25, 0.3) is 0 Å². The second-order valence-electron chi connectivity index (χ2n) is 5.49. The number of hydrogen-bond acceptors (Lipinski definition) is 2. The highest BCUT2D eigenvalue weighted by molar-refractivity contribution is 5.24. The molecule has 0 spiro atoms. The van der Waals surface area contributed by atoms with E-state index in [9.17, 15) is 0 Å². The van der Waals surface area contributed by atoms with Crippen molar-refractivity contribution in [1.29, 1.82) is 0 Å². The van der Waals surface area contributed by atoms with Crippen LogP contribution in [0.1, 0.15) is 43.4 Å². The molecule has 1 aliphatic rings. The zero-order valence-electron chi connectivity index (χ0n) is 11.8. The Morgan fingerprint density at radius 3 is 2.78 bits per heavy atom. The van der Waals surface area contributed by atoms with Crippen molar-refractivity contribution in [3.63, 3.8) is 0 Å². The summed E-state index contributed by atoms with van der Waals surface area (Å²) in [6, 6.07) is 9.25. The third-order valence-electron chi connectivity index (χ3n) is 3.84. The molecule has 1 heterocycles. The molecular weight excluding hydrogens is 220 g/mol. The van der Waals surface area contributed by atoms with Crippen LogP contribution in [0.3, 0.4) is 0 Å². The molecule has 1 fully saturated rings. The van der Waals surface area contributed by atoms with E-state index in [0.29, 0.717) is 6.04 Å². The normalized spacial score (nSPS) is 18.1. The van der Waals surface area contributed by atoms with Crippen molar-refractivity contribution in [2.24, 2.45) is 0 Å². The minimum absolute atomic E-state index is 0.462. The number of rotatable bonds is 6. The Labute approximate surface area is 111 Å². The maximum Gasteiger partial charge on any atom is 0.0291 e.